The molecule has 4 rings (SSSR count). The topological polar surface area (TPSA) is 84.3 Å². The van der Waals surface area contributed by atoms with E-state index in [9.17, 15) is 13.2 Å². The van der Waals surface area contributed by atoms with Crippen LogP contribution in [0.25, 0.3) is 0 Å². The molecule has 0 spiro atoms. The van der Waals surface area contributed by atoms with Gasteiger partial charge in [0.1, 0.15) is 5.82 Å². The minimum Gasteiger partial charge on any atom is -0.309 e. The van der Waals surface area contributed by atoms with Gasteiger partial charge in [0.15, 0.2) is 0 Å². The molecule has 3 aromatic rings. The Balaban J connectivity index is 1.44. The summed E-state index contributed by atoms with van der Waals surface area (Å²) in [7, 11) is -3.63. The standard InChI is InChI=1S/C24H27ClN4O3S/c1-17-5-8-22(9-6-17)33(31,32)29-13-11-20(16-29)19-4-3-12-28(15-19)18(2)24(30)27-23-10-7-21(25)14-26-23/h5-11,13-14,16,18-19H,3-4,12,15H2,1-2H3,(H,26,27,30). The second-order valence-electron chi connectivity index (χ2n) is 8.45. The normalized spacial score (nSPS) is 18.1. The number of aryl methyl sites for hydroxylation is 1. The second-order valence-corrected chi connectivity index (χ2v) is 10.7. The fourth-order valence-corrected chi connectivity index (χ4v) is 5.41. The Labute approximate surface area is 199 Å². The number of amides is 1. The van der Waals surface area contributed by atoms with Gasteiger partial charge in [-0.05, 0) is 75.0 Å². The third-order valence-electron chi connectivity index (χ3n) is 6.12. The Morgan fingerprint density at radius 1 is 1.18 bits per heavy atom. The Kier molecular flexibility index (Phi) is 6.88. The first-order valence-electron chi connectivity index (χ1n) is 10.9. The first-order valence-corrected chi connectivity index (χ1v) is 12.7. The number of pyridine rings is 1. The number of halogens is 1. The van der Waals surface area contributed by atoms with E-state index in [1.807, 2.05) is 19.9 Å². The highest BCUT2D eigenvalue weighted by Crippen LogP contribution is 2.29. The van der Waals surface area contributed by atoms with Crippen molar-refractivity contribution in [2.24, 2.45) is 0 Å². The molecule has 0 bridgehead atoms. The molecule has 1 aromatic carbocycles. The van der Waals surface area contributed by atoms with Crippen LogP contribution in [0.5, 0.6) is 0 Å². The summed E-state index contributed by atoms with van der Waals surface area (Å²) in [6.07, 6.45) is 6.67. The molecule has 9 heteroatoms. The van der Waals surface area contributed by atoms with E-state index >= 15 is 0 Å². The van der Waals surface area contributed by atoms with Gasteiger partial charge in [-0.25, -0.2) is 17.4 Å². The highest BCUT2D eigenvalue weighted by Gasteiger charge is 2.29. The third kappa shape index (κ3) is 5.29. The maximum Gasteiger partial charge on any atom is 0.267 e. The Hall–Kier alpha value is -2.68. The zero-order valence-electron chi connectivity index (χ0n) is 18.6. The van der Waals surface area contributed by atoms with E-state index < -0.39 is 10.0 Å². The molecule has 174 valence electrons. The zero-order valence-corrected chi connectivity index (χ0v) is 20.2. The van der Waals surface area contributed by atoms with Gasteiger partial charge >= 0.3 is 0 Å². The van der Waals surface area contributed by atoms with Crippen LogP contribution in [-0.4, -0.2) is 47.3 Å². The Bertz CT molecular complexity index is 1220. The number of anilines is 1. The van der Waals surface area contributed by atoms with Gasteiger partial charge in [-0.2, -0.15) is 0 Å². The maximum atomic E-state index is 13.0. The zero-order chi connectivity index (χ0) is 23.6. The summed E-state index contributed by atoms with van der Waals surface area (Å²) in [6.45, 7) is 5.28. The van der Waals surface area contributed by atoms with E-state index in [1.165, 1.54) is 10.2 Å². The molecule has 1 N–H and O–H groups in total. The van der Waals surface area contributed by atoms with Crippen molar-refractivity contribution in [3.63, 3.8) is 0 Å². The minimum atomic E-state index is -3.63. The van der Waals surface area contributed by atoms with E-state index in [0.717, 1.165) is 30.5 Å². The monoisotopic (exact) mass is 486 g/mol. The van der Waals surface area contributed by atoms with E-state index in [2.05, 4.69) is 15.2 Å². The van der Waals surface area contributed by atoms with Gasteiger partial charge in [-0.3, -0.25) is 9.69 Å². The van der Waals surface area contributed by atoms with Crippen LogP contribution in [0.15, 0.2) is 66.0 Å². The van der Waals surface area contributed by atoms with Gasteiger partial charge in [0.25, 0.3) is 10.0 Å². The van der Waals surface area contributed by atoms with Crippen molar-refractivity contribution in [1.29, 1.82) is 0 Å². The van der Waals surface area contributed by atoms with E-state index in [4.69, 9.17) is 11.6 Å². The molecular weight excluding hydrogens is 460 g/mol. The fourth-order valence-electron chi connectivity index (χ4n) is 4.09. The number of carbonyl (C=O) groups is 1. The summed E-state index contributed by atoms with van der Waals surface area (Å²) >= 11 is 5.85. The lowest BCUT2D eigenvalue weighted by Gasteiger charge is -2.35. The predicted molar refractivity (Wildman–Crippen MR) is 129 cm³/mol. The Morgan fingerprint density at radius 2 is 1.94 bits per heavy atom. The smallest absolute Gasteiger partial charge is 0.267 e. The van der Waals surface area contributed by atoms with E-state index in [0.29, 0.717) is 17.4 Å². The molecule has 2 aromatic heterocycles. The summed E-state index contributed by atoms with van der Waals surface area (Å²) in [6, 6.07) is 11.7. The molecule has 2 unspecified atom stereocenters. The molecule has 0 aliphatic carbocycles. The highest BCUT2D eigenvalue weighted by atomic mass is 35.5. The number of piperidine rings is 1. The summed E-state index contributed by atoms with van der Waals surface area (Å²) in [5.41, 5.74) is 1.97. The van der Waals surface area contributed by atoms with Crippen molar-refractivity contribution < 1.29 is 13.2 Å². The number of nitrogens with zero attached hydrogens (tertiary/aromatic N) is 3. The van der Waals surface area contributed by atoms with Crippen molar-refractivity contribution >= 4 is 33.3 Å². The van der Waals surface area contributed by atoms with Crippen LogP contribution in [0.4, 0.5) is 5.82 Å². The van der Waals surface area contributed by atoms with Crippen LogP contribution in [0.3, 0.4) is 0 Å². The van der Waals surface area contributed by atoms with Crippen molar-refractivity contribution in [3.05, 3.63) is 77.2 Å². The summed E-state index contributed by atoms with van der Waals surface area (Å²) in [5, 5.41) is 3.34. The van der Waals surface area contributed by atoms with Crippen molar-refractivity contribution in [2.75, 3.05) is 18.4 Å². The fraction of sp³-hybridized carbons (Fsp3) is 0.333. The van der Waals surface area contributed by atoms with Gasteiger partial charge in [0.05, 0.1) is 16.0 Å². The van der Waals surface area contributed by atoms with Gasteiger partial charge in [0, 0.05) is 25.1 Å². The first kappa shape index (κ1) is 23.5. The van der Waals surface area contributed by atoms with Crippen molar-refractivity contribution in [3.8, 4) is 0 Å². The number of nitrogens with one attached hydrogen (secondary N) is 1. The summed E-state index contributed by atoms with van der Waals surface area (Å²) < 4.78 is 27.3. The van der Waals surface area contributed by atoms with Gasteiger partial charge in [-0.1, -0.05) is 29.3 Å². The quantitative estimate of drug-likeness (QED) is 0.562. The molecule has 1 saturated heterocycles. The van der Waals surface area contributed by atoms with Crippen LogP contribution in [0.1, 0.15) is 36.8 Å². The lowest BCUT2D eigenvalue weighted by Crippen LogP contribution is -2.46. The molecule has 0 radical (unpaired) electrons. The lowest BCUT2D eigenvalue weighted by molar-refractivity contribution is -0.121. The number of hydrogen-bond donors (Lipinski definition) is 1. The average Bonchev–Trinajstić information content (AvgIpc) is 3.32. The van der Waals surface area contributed by atoms with Crippen molar-refractivity contribution in [1.82, 2.24) is 13.9 Å². The average molecular weight is 487 g/mol. The summed E-state index contributed by atoms with van der Waals surface area (Å²) in [5.74, 6) is 0.477. The molecule has 0 saturated carbocycles. The third-order valence-corrected chi connectivity index (χ3v) is 7.99. The predicted octanol–water partition coefficient (Wildman–Crippen LogP) is 4.29. The van der Waals surface area contributed by atoms with Crippen LogP contribution in [0.2, 0.25) is 5.02 Å². The van der Waals surface area contributed by atoms with E-state index in [-0.39, 0.29) is 22.8 Å². The molecule has 1 fully saturated rings. The molecule has 1 amide bonds. The largest absolute Gasteiger partial charge is 0.309 e. The van der Waals surface area contributed by atoms with Gasteiger partial charge in [-0.15, -0.1) is 0 Å². The van der Waals surface area contributed by atoms with Crippen LogP contribution in [-0.2, 0) is 14.8 Å². The number of carbonyl (C=O) groups excluding carboxylic acids is 1. The number of rotatable bonds is 6. The molecule has 1 aliphatic heterocycles. The van der Waals surface area contributed by atoms with Crippen molar-refractivity contribution in [2.45, 2.75) is 43.5 Å². The van der Waals surface area contributed by atoms with Crippen LogP contribution < -0.4 is 5.32 Å². The Morgan fingerprint density at radius 3 is 2.64 bits per heavy atom. The van der Waals surface area contributed by atoms with E-state index in [1.54, 1.807) is 48.8 Å². The summed E-state index contributed by atoms with van der Waals surface area (Å²) in [4.78, 5) is 19.3. The van der Waals surface area contributed by atoms with Crippen LogP contribution >= 0.6 is 11.6 Å². The highest BCUT2D eigenvalue weighted by molar-refractivity contribution is 7.90. The number of likely N-dealkylation sites (tertiary alicyclic amines) is 1. The number of aromatic nitrogens is 2. The number of hydrogen-bond acceptors (Lipinski definition) is 5. The molecule has 3 heterocycles. The van der Waals surface area contributed by atoms with Gasteiger partial charge in [0.2, 0.25) is 5.91 Å². The molecular formula is C24H27ClN4O3S. The second kappa shape index (κ2) is 9.67. The minimum absolute atomic E-state index is 0.134. The lowest BCUT2D eigenvalue weighted by atomic mass is 9.91. The van der Waals surface area contributed by atoms with Crippen LogP contribution in [0, 0.1) is 6.92 Å². The molecule has 33 heavy (non-hydrogen) atoms. The molecule has 1 aliphatic rings. The van der Waals surface area contributed by atoms with Gasteiger partial charge < -0.3 is 5.32 Å². The molecule has 2 atom stereocenters. The first-order chi connectivity index (χ1) is 15.7. The molecule has 7 nitrogen and oxygen atoms in total. The maximum absolute atomic E-state index is 13.0. The SMILES string of the molecule is Cc1ccc(S(=O)(=O)n2ccc(C3CCCN(C(C)C(=O)Nc4ccc(Cl)cn4)C3)c2)cc1. The number of benzene rings is 1.